The Morgan fingerprint density at radius 1 is 1.20 bits per heavy atom. The van der Waals surface area contributed by atoms with Gasteiger partial charge in [-0.1, -0.05) is 23.7 Å². The van der Waals surface area contributed by atoms with Crippen molar-refractivity contribution < 1.29 is 78.6 Å². The van der Waals surface area contributed by atoms with Crippen LogP contribution in [-0.2, 0) is 14.8 Å². The number of carbonyl (C=O) groups excluding carboxylic acids is 3. The van der Waals surface area contributed by atoms with Gasteiger partial charge in [0.25, 0.3) is 0 Å². The minimum Gasteiger partial charge on any atom is -0.424 e. The number of benzene rings is 1. The van der Waals surface area contributed by atoms with Gasteiger partial charge in [-0.05, 0) is 43.4 Å². The predicted octanol–water partition coefficient (Wildman–Crippen LogP) is 0.461. The molecule has 182 valence electrons. The molecule has 0 radical (unpaired) electrons. The molecule has 4 unspecified atom stereocenters. The van der Waals surface area contributed by atoms with E-state index < -0.39 is 52.2 Å². The maximum Gasteiger partial charge on any atom is 1.00 e. The van der Waals surface area contributed by atoms with Gasteiger partial charge in [-0.25, -0.2) is 22.5 Å². The fraction of sp³-hybridized carbons (Fsp3) is 0.350. The van der Waals surface area contributed by atoms with Crippen LogP contribution in [0.2, 0.25) is 4.34 Å². The number of hydrogen-bond donors (Lipinski definition) is 3. The number of rotatable bonds is 5. The third-order valence-corrected chi connectivity index (χ3v) is 8.67. The number of alkyl halides is 1. The standard InChI is InChI=1S/C20H21ClFN5O5S2.K/c1-23-15-8-12-14(9-13(15)22)25-20(30)27(18(12)28)11-4-2-10(3-5-11)24-19(29)26-34(31,32)17-7-6-16(21)33-17;/h2-7,12-15,23H,8-9H2,1H3,(H3,24,25,26,29,30);/q;+1/p-1. The van der Waals surface area contributed by atoms with Crippen LogP contribution < -0.4 is 72.2 Å². The normalized spacial score (nSPS) is 24.1. The van der Waals surface area contributed by atoms with Crippen molar-refractivity contribution in [3.05, 3.63) is 45.5 Å². The van der Waals surface area contributed by atoms with E-state index in [0.29, 0.717) is 0 Å². The maximum absolute atomic E-state index is 14.2. The van der Waals surface area contributed by atoms with Crippen molar-refractivity contribution in [3.8, 4) is 0 Å². The zero-order chi connectivity index (χ0) is 24.6. The second-order valence-electron chi connectivity index (χ2n) is 7.82. The van der Waals surface area contributed by atoms with E-state index in [-0.39, 0.29) is 84.1 Å². The average Bonchev–Trinajstić information content (AvgIpc) is 3.21. The first-order chi connectivity index (χ1) is 16.1. The van der Waals surface area contributed by atoms with Crippen LogP contribution in [0.25, 0.3) is 4.72 Å². The summed E-state index contributed by atoms with van der Waals surface area (Å²) < 4.78 is 41.8. The van der Waals surface area contributed by atoms with Crippen LogP contribution >= 0.6 is 22.9 Å². The summed E-state index contributed by atoms with van der Waals surface area (Å²) in [7, 11) is -2.59. The van der Waals surface area contributed by atoms with Crippen molar-refractivity contribution in [1.29, 1.82) is 0 Å². The quantitative estimate of drug-likeness (QED) is 0.449. The Kier molecular flexibility index (Phi) is 9.37. The Morgan fingerprint density at radius 2 is 1.89 bits per heavy atom. The average molecular weight is 568 g/mol. The summed E-state index contributed by atoms with van der Waals surface area (Å²) in [6.45, 7) is 0. The van der Waals surface area contributed by atoms with Crippen LogP contribution in [0, 0.1) is 5.92 Å². The molecule has 2 aromatic rings. The molecule has 15 heteroatoms. The molecular weight excluding hydrogens is 548 g/mol. The van der Waals surface area contributed by atoms with Gasteiger partial charge in [0.1, 0.15) is 10.4 Å². The molecular formula is C20H20ClFKN5O5S2. The number of nitrogens with one attached hydrogen (secondary N) is 3. The molecule has 1 saturated heterocycles. The predicted molar refractivity (Wildman–Crippen MR) is 126 cm³/mol. The monoisotopic (exact) mass is 567 g/mol. The van der Waals surface area contributed by atoms with Gasteiger partial charge in [-0.15, -0.1) is 11.3 Å². The van der Waals surface area contributed by atoms with Crippen LogP contribution in [0.4, 0.5) is 25.4 Å². The molecule has 1 saturated carbocycles. The number of halogens is 2. The van der Waals surface area contributed by atoms with E-state index in [2.05, 4.69) is 20.7 Å². The first-order valence-electron chi connectivity index (χ1n) is 10.2. The molecule has 5 amide bonds. The Labute approximate surface area is 252 Å². The maximum atomic E-state index is 14.2. The second kappa shape index (κ2) is 11.5. The fourth-order valence-electron chi connectivity index (χ4n) is 4.05. The van der Waals surface area contributed by atoms with Gasteiger partial charge in [-0.2, -0.15) is 0 Å². The number of urea groups is 2. The molecule has 2 heterocycles. The number of amides is 5. The number of hydrogen-bond acceptors (Lipinski definition) is 7. The van der Waals surface area contributed by atoms with Crippen LogP contribution in [0.15, 0.2) is 40.6 Å². The minimum absolute atomic E-state index is 0. The van der Waals surface area contributed by atoms with Crippen molar-refractivity contribution in [2.45, 2.75) is 35.3 Å². The summed E-state index contributed by atoms with van der Waals surface area (Å²) in [4.78, 5) is 38.7. The van der Waals surface area contributed by atoms with Crippen molar-refractivity contribution in [2.24, 2.45) is 5.92 Å². The Bertz CT molecular complexity index is 1230. The molecule has 0 bridgehead atoms. The van der Waals surface area contributed by atoms with Crippen molar-refractivity contribution >= 4 is 62.3 Å². The SMILES string of the molecule is CNC1CC2C(=O)N(c3ccc(NC(=O)[N-]S(=O)(=O)c4ccc(Cl)s4)cc3)C(=O)NC2CC1F.[K+]. The van der Waals surface area contributed by atoms with E-state index in [9.17, 15) is 27.2 Å². The van der Waals surface area contributed by atoms with Crippen LogP contribution in [0.3, 0.4) is 0 Å². The Morgan fingerprint density at radius 3 is 2.49 bits per heavy atom. The van der Waals surface area contributed by atoms with Gasteiger partial charge in [0, 0.05) is 18.5 Å². The smallest absolute Gasteiger partial charge is 0.424 e. The zero-order valence-electron chi connectivity index (χ0n) is 18.7. The number of nitrogens with zero attached hydrogens (tertiary/aromatic N) is 2. The third kappa shape index (κ3) is 6.25. The van der Waals surface area contributed by atoms with Crippen molar-refractivity contribution in [3.63, 3.8) is 0 Å². The van der Waals surface area contributed by atoms with Gasteiger partial charge in [0.15, 0.2) is 6.03 Å². The molecule has 0 spiro atoms. The summed E-state index contributed by atoms with van der Waals surface area (Å²) in [5.74, 6) is -1.01. The summed E-state index contributed by atoms with van der Waals surface area (Å²) in [5.41, 5.74) is 0.452. The number of carbonyl (C=O) groups is 3. The molecule has 3 N–H and O–H groups in total. The van der Waals surface area contributed by atoms with Crippen LogP contribution in [-0.4, -0.2) is 51.7 Å². The molecule has 1 aliphatic carbocycles. The van der Waals surface area contributed by atoms with E-state index in [1.54, 1.807) is 7.05 Å². The zero-order valence-corrected chi connectivity index (χ0v) is 24.2. The summed E-state index contributed by atoms with van der Waals surface area (Å²) in [6.07, 6.45) is -0.867. The van der Waals surface area contributed by atoms with Gasteiger partial charge in [-0.3, -0.25) is 9.59 Å². The number of sulfonamides is 1. The first kappa shape index (κ1) is 28.5. The molecule has 35 heavy (non-hydrogen) atoms. The summed E-state index contributed by atoms with van der Waals surface area (Å²) >= 11 is 6.50. The Hall–Kier alpha value is -1.10. The first-order valence-corrected chi connectivity index (χ1v) is 12.8. The second-order valence-corrected chi connectivity index (χ2v) is 11.4. The summed E-state index contributed by atoms with van der Waals surface area (Å²) in [5, 5.41) is 7.89. The summed E-state index contributed by atoms with van der Waals surface area (Å²) in [6, 6.07) is 5.46. The third-order valence-electron chi connectivity index (χ3n) is 5.71. The number of imide groups is 1. The number of fused-ring (bicyclic) bond motifs is 1. The van der Waals surface area contributed by atoms with E-state index >= 15 is 0 Å². The van der Waals surface area contributed by atoms with E-state index in [1.807, 2.05) is 0 Å². The van der Waals surface area contributed by atoms with Gasteiger partial charge in [0.05, 0.1) is 15.9 Å². The van der Waals surface area contributed by atoms with Gasteiger partial charge < -0.3 is 20.7 Å². The molecule has 1 aromatic carbocycles. The minimum atomic E-state index is -4.21. The molecule has 1 aromatic heterocycles. The van der Waals surface area contributed by atoms with Crippen molar-refractivity contribution in [1.82, 2.24) is 10.6 Å². The van der Waals surface area contributed by atoms with Crippen LogP contribution in [0.1, 0.15) is 12.8 Å². The van der Waals surface area contributed by atoms with Crippen LogP contribution in [0.5, 0.6) is 0 Å². The number of anilines is 2. The molecule has 1 aliphatic heterocycles. The molecule has 4 rings (SSSR count). The molecule has 2 aliphatic rings. The van der Waals surface area contributed by atoms with E-state index in [4.69, 9.17) is 11.6 Å². The Balaban J connectivity index is 0.00000342. The van der Waals surface area contributed by atoms with Gasteiger partial charge in [0.2, 0.25) is 15.9 Å². The largest absolute Gasteiger partial charge is 1.00 e. The topological polar surface area (TPSA) is 139 Å². The molecule has 4 atom stereocenters. The van der Waals surface area contributed by atoms with E-state index in [1.165, 1.54) is 36.4 Å². The molecule has 10 nitrogen and oxygen atoms in total. The molecule has 2 fully saturated rings. The van der Waals surface area contributed by atoms with E-state index in [0.717, 1.165) is 16.2 Å². The van der Waals surface area contributed by atoms with Gasteiger partial charge >= 0.3 is 57.4 Å². The fourth-order valence-corrected chi connectivity index (χ4v) is 6.36. The number of thiophene rings is 1. The van der Waals surface area contributed by atoms with Crippen molar-refractivity contribution in [2.75, 3.05) is 17.3 Å².